The molecule has 2 rings (SSSR count). The number of benzene rings is 1. The maximum absolute atomic E-state index is 5.29. The molecule has 0 bridgehead atoms. The zero-order valence-electron chi connectivity index (χ0n) is 11.2. The molecule has 0 unspecified atom stereocenters. The van der Waals surface area contributed by atoms with Crippen molar-refractivity contribution >= 4 is 12.2 Å². The van der Waals surface area contributed by atoms with E-state index in [0.29, 0.717) is 16.1 Å². The molecular formula is C14H16N2O2S. The third-order valence-electron chi connectivity index (χ3n) is 2.84. The molecule has 0 aliphatic heterocycles. The molecule has 0 spiro atoms. The molecule has 0 atom stereocenters. The summed E-state index contributed by atoms with van der Waals surface area (Å²) in [6.45, 7) is 2.07. The summed E-state index contributed by atoms with van der Waals surface area (Å²) in [4.78, 5) is 7.61. The summed E-state index contributed by atoms with van der Waals surface area (Å²) in [5.41, 5.74) is 1.98. The van der Waals surface area contributed by atoms with Gasteiger partial charge in [0.25, 0.3) is 0 Å². The highest BCUT2D eigenvalue weighted by atomic mass is 32.1. The summed E-state index contributed by atoms with van der Waals surface area (Å²) in [6.07, 6.45) is 0.881. The van der Waals surface area contributed by atoms with Crippen molar-refractivity contribution in [3.63, 3.8) is 0 Å². The number of aromatic nitrogens is 2. The molecule has 1 aromatic carbocycles. The topological polar surface area (TPSA) is 47.1 Å². The van der Waals surface area contributed by atoms with Gasteiger partial charge in [0, 0.05) is 11.3 Å². The van der Waals surface area contributed by atoms with Crippen LogP contribution < -0.4 is 9.47 Å². The Balaban J connectivity index is 2.52. The van der Waals surface area contributed by atoms with E-state index in [-0.39, 0.29) is 0 Å². The van der Waals surface area contributed by atoms with Gasteiger partial charge in [-0.3, -0.25) is 0 Å². The molecule has 0 saturated carbocycles. The molecule has 0 aliphatic carbocycles. The summed E-state index contributed by atoms with van der Waals surface area (Å²) in [6, 6.07) is 7.53. The Kier molecular flexibility index (Phi) is 4.16. The van der Waals surface area contributed by atoms with Gasteiger partial charge < -0.3 is 14.5 Å². The molecule has 1 aromatic heterocycles. The zero-order valence-corrected chi connectivity index (χ0v) is 12.0. The molecule has 0 saturated heterocycles. The Morgan fingerprint density at radius 1 is 1.16 bits per heavy atom. The van der Waals surface area contributed by atoms with Crippen LogP contribution in [0, 0.1) is 4.64 Å². The largest absolute Gasteiger partial charge is 0.493 e. The molecule has 0 aliphatic rings. The van der Waals surface area contributed by atoms with Crippen LogP contribution in [0.5, 0.6) is 11.5 Å². The Labute approximate surface area is 117 Å². The maximum Gasteiger partial charge on any atom is 0.161 e. The van der Waals surface area contributed by atoms with Crippen molar-refractivity contribution < 1.29 is 9.47 Å². The van der Waals surface area contributed by atoms with Gasteiger partial charge in [-0.2, -0.15) is 0 Å². The smallest absolute Gasteiger partial charge is 0.161 e. The normalized spacial score (nSPS) is 10.3. The zero-order chi connectivity index (χ0) is 13.8. The first-order chi connectivity index (χ1) is 9.17. The van der Waals surface area contributed by atoms with Crippen molar-refractivity contribution in [3.8, 4) is 22.9 Å². The summed E-state index contributed by atoms with van der Waals surface area (Å²) in [5, 5.41) is 0. The van der Waals surface area contributed by atoms with Crippen LogP contribution in [0.2, 0.25) is 0 Å². The lowest BCUT2D eigenvalue weighted by Gasteiger charge is -2.10. The monoisotopic (exact) mass is 276 g/mol. The molecule has 2 aromatic rings. The lowest BCUT2D eigenvalue weighted by molar-refractivity contribution is 0.355. The summed E-state index contributed by atoms with van der Waals surface area (Å²) in [7, 11) is 3.22. The van der Waals surface area contributed by atoms with Crippen LogP contribution in [0.15, 0.2) is 24.3 Å². The highest BCUT2D eigenvalue weighted by Crippen LogP contribution is 2.30. The standard InChI is InChI=1S/C14H16N2O2S/c1-4-10-8-13(19)16-14(15-10)9-5-6-11(17-2)12(7-9)18-3/h5-8H,4H2,1-3H3,(H,15,16,19). The minimum Gasteiger partial charge on any atom is -0.493 e. The molecule has 1 heterocycles. The Bertz CT molecular complexity index is 638. The van der Waals surface area contributed by atoms with Gasteiger partial charge in [-0.05, 0) is 30.7 Å². The Morgan fingerprint density at radius 3 is 2.53 bits per heavy atom. The van der Waals surface area contributed by atoms with E-state index in [9.17, 15) is 0 Å². The number of aromatic amines is 1. The predicted octanol–water partition coefficient (Wildman–Crippen LogP) is 3.39. The lowest BCUT2D eigenvalue weighted by Crippen LogP contribution is -1.96. The number of nitrogens with one attached hydrogen (secondary N) is 1. The van der Waals surface area contributed by atoms with E-state index >= 15 is 0 Å². The summed E-state index contributed by atoms with van der Waals surface area (Å²) in [5.74, 6) is 2.10. The molecule has 0 fully saturated rings. The minimum absolute atomic E-state index is 0.584. The average Bonchev–Trinajstić information content (AvgIpc) is 2.45. The van der Waals surface area contributed by atoms with Crippen molar-refractivity contribution in [2.45, 2.75) is 13.3 Å². The number of methoxy groups -OCH3 is 2. The van der Waals surface area contributed by atoms with Crippen LogP contribution in [0.4, 0.5) is 0 Å². The quantitative estimate of drug-likeness (QED) is 0.870. The van der Waals surface area contributed by atoms with Gasteiger partial charge in [-0.1, -0.05) is 19.1 Å². The molecule has 19 heavy (non-hydrogen) atoms. The van der Waals surface area contributed by atoms with E-state index in [0.717, 1.165) is 23.5 Å². The first-order valence-electron chi connectivity index (χ1n) is 6.00. The van der Waals surface area contributed by atoms with Gasteiger partial charge in [0.05, 0.1) is 14.2 Å². The van der Waals surface area contributed by atoms with Crippen LogP contribution in [-0.4, -0.2) is 24.2 Å². The average molecular weight is 276 g/mol. The second-order valence-electron chi connectivity index (χ2n) is 4.02. The Morgan fingerprint density at radius 2 is 1.89 bits per heavy atom. The SMILES string of the molecule is CCc1cc(=S)nc(-c2ccc(OC)c(OC)c2)[nH]1. The van der Waals surface area contributed by atoms with Crippen LogP contribution in [0.1, 0.15) is 12.6 Å². The van der Waals surface area contributed by atoms with Crippen molar-refractivity contribution in [1.82, 2.24) is 9.97 Å². The van der Waals surface area contributed by atoms with Crippen LogP contribution in [0.3, 0.4) is 0 Å². The second kappa shape index (κ2) is 5.84. The van der Waals surface area contributed by atoms with Crippen LogP contribution in [0.25, 0.3) is 11.4 Å². The summed E-state index contributed by atoms with van der Waals surface area (Å²) < 4.78 is 11.1. The van der Waals surface area contributed by atoms with E-state index < -0.39 is 0 Å². The van der Waals surface area contributed by atoms with Gasteiger partial charge in [0.2, 0.25) is 0 Å². The number of rotatable bonds is 4. The summed E-state index contributed by atoms with van der Waals surface area (Å²) >= 11 is 5.18. The van der Waals surface area contributed by atoms with Crippen molar-refractivity contribution in [2.75, 3.05) is 14.2 Å². The number of H-pyrrole nitrogens is 1. The fourth-order valence-electron chi connectivity index (χ4n) is 1.82. The minimum atomic E-state index is 0.584. The van der Waals surface area contributed by atoms with Gasteiger partial charge in [-0.15, -0.1) is 0 Å². The number of hydrogen-bond acceptors (Lipinski definition) is 4. The van der Waals surface area contributed by atoms with Gasteiger partial charge in [0.15, 0.2) is 11.5 Å². The highest BCUT2D eigenvalue weighted by Gasteiger charge is 2.08. The lowest BCUT2D eigenvalue weighted by atomic mass is 10.2. The molecule has 1 N–H and O–H groups in total. The van der Waals surface area contributed by atoms with E-state index in [4.69, 9.17) is 21.7 Å². The number of aryl methyl sites for hydroxylation is 1. The van der Waals surface area contributed by atoms with Crippen LogP contribution in [-0.2, 0) is 6.42 Å². The fourth-order valence-corrected chi connectivity index (χ4v) is 2.05. The Hall–Kier alpha value is -1.88. The van der Waals surface area contributed by atoms with E-state index in [1.807, 2.05) is 24.3 Å². The highest BCUT2D eigenvalue weighted by molar-refractivity contribution is 7.71. The predicted molar refractivity (Wildman–Crippen MR) is 77.3 cm³/mol. The molecule has 0 radical (unpaired) electrons. The van der Waals surface area contributed by atoms with Crippen molar-refractivity contribution in [3.05, 3.63) is 34.6 Å². The number of nitrogens with zero attached hydrogens (tertiary/aromatic N) is 1. The van der Waals surface area contributed by atoms with E-state index in [1.165, 1.54) is 0 Å². The third kappa shape index (κ3) is 2.93. The third-order valence-corrected chi connectivity index (χ3v) is 3.05. The second-order valence-corrected chi connectivity index (χ2v) is 4.43. The first kappa shape index (κ1) is 13.5. The first-order valence-corrected chi connectivity index (χ1v) is 6.41. The molecule has 4 nitrogen and oxygen atoms in total. The number of ether oxygens (including phenoxy) is 2. The van der Waals surface area contributed by atoms with Crippen molar-refractivity contribution in [1.29, 1.82) is 0 Å². The van der Waals surface area contributed by atoms with E-state index in [1.54, 1.807) is 14.2 Å². The molecule has 0 amide bonds. The van der Waals surface area contributed by atoms with Crippen molar-refractivity contribution in [2.24, 2.45) is 0 Å². The molecule has 5 heteroatoms. The number of hydrogen-bond donors (Lipinski definition) is 1. The van der Waals surface area contributed by atoms with E-state index in [2.05, 4.69) is 16.9 Å². The van der Waals surface area contributed by atoms with Gasteiger partial charge in [-0.25, -0.2) is 4.98 Å². The fraction of sp³-hybridized carbons (Fsp3) is 0.286. The van der Waals surface area contributed by atoms with Crippen LogP contribution >= 0.6 is 12.2 Å². The van der Waals surface area contributed by atoms with Gasteiger partial charge >= 0.3 is 0 Å². The molecular weight excluding hydrogens is 260 g/mol. The van der Waals surface area contributed by atoms with Gasteiger partial charge in [0.1, 0.15) is 10.5 Å². The maximum atomic E-state index is 5.29. The molecule has 100 valence electrons.